The topological polar surface area (TPSA) is 59.0 Å². The van der Waals surface area contributed by atoms with Gasteiger partial charge in [-0.15, -0.1) is 0 Å². The van der Waals surface area contributed by atoms with Crippen LogP contribution in [0.25, 0.3) is 0 Å². The maximum Gasteiger partial charge on any atom is 0.164 e. The average molecular weight is 368 g/mol. The third-order valence-corrected chi connectivity index (χ3v) is 3.58. The van der Waals surface area contributed by atoms with Crippen LogP contribution in [0.4, 0.5) is 5.69 Å². The minimum absolute atomic E-state index is 0.438. The molecule has 2 rings (SSSR count). The van der Waals surface area contributed by atoms with Gasteiger partial charge < -0.3 is 10.5 Å². The van der Waals surface area contributed by atoms with Crippen LogP contribution in [0.5, 0.6) is 11.5 Å². The lowest BCUT2D eigenvalue weighted by Gasteiger charge is -2.11. The van der Waals surface area contributed by atoms with Gasteiger partial charge in [0.25, 0.3) is 0 Å². The Morgan fingerprint density at radius 2 is 1.72 bits per heavy atom. The molecule has 3 nitrogen and oxygen atoms in total. The van der Waals surface area contributed by atoms with Crippen molar-refractivity contribution < 1.29 is 4.74 Å². The molecule has 2 aromatic carbocycles. The number of ether oxygens (including phenoxy) is 1. The molecular weight excluding hydrogens is 360 g/mol. The van der Waals surface area contributed by atoms with Gasteiger partial charge in [0.15, 0.2) is 5.75 Å². The second kappa shape index (κ2) is 5.42. The maximum atomic E-state index is 9.11. The highest BCUT2D eigenvalue weighted by Crippen LogP contribution is 2.37. The summed E-state index contributed by atoms with van der Waals surface area (Å²) in [5.74, 6) is 0.970. The Kier molecular flexibility index (Phi) is 3.90. The van der Waals surface area contributed by atoms with Crippen LogP contribution in [-0.2, 0) is 0 Å². The molecule has 0 aliphatic carbocycles. The van der Waals surface area contributed by atoms with Crippen molar-refractivity contribution >= 4 is 37.5 Å². The Morgan fingerprint density at radius 3 is 2.39 bits per heavy atom. The molecular formula is C13H8Br2N2O. The van der Waals surface area contributed by atoms with Crippen molar-refractivity contribution in [3.63, 3.8) is 0 Å². The predicted molar refractivity (Wildman–Crippen MR) is 77.5 cm³/mol. The van der Waals surface area contributed by atoms with Gasteiger partial charge in [-0.2, -0.15) is 5.26 Å². The Balaban J connectivity index is 2.48. The van der Waals surface area contributed by atoms with Crippen molar-refractivity contribution in [2.24, 2.45) is 0 Å². The van der Waals surface area contributed by atoms with E-state index >= 15 is 0 Å². The molecule has 0 aliphatic heterocycles. The number of nitriles is 1. The zero-order valence-corrected chi connectivity index (χ0v) is 12.3. The van der Waals surface area contributed by atoms with E-state index in [9.17, 15) is 0 Å². The zero-order valence-electron chi connectivity index (χ0n) is 9.15. The molecule has 0 atom stereocenters. The highest BCUT2D eigenvalue weighted by atomic mass is 79.9. The molecule has 90 valence electrons. The van der Waals surface area contributed by atoms with Crippen LogP contribution in [0, 0.1) is 11.3 Å². The smallest absolute Gasteiger partial charge is 0.164 e. The van der Waals surface area contributed by atoms with Crippen molar-refractivity contribution in [3.05, 3.63) is 50.9 Å². The summed E-state index contributed by atoms with van der Waals surface area (Å²) in [7, 11) is 0. The first-order chi connectivity index (χ1) is 8.63. The second-order valence-corrected chi connectivity index (χ2v) is 5.19. The van der Waals surface area contributed by atoms with E-state index in [0.29, 0.717) is 27.2 Å². The predicted octanol–water partition coefficient (Wildman–Crippen LogP) is 4.46. The summed E-state index contributed by atoms with van der Waals surface area (Å²) in [6.07, 6.45) is 0. The van der Waals surface area contributed by atoms with Gasteiger partial charge in [-0.05, 0) is 56.1 Å². The van der Waals surface area contributed by atoms with Gasteiger partial charge in [0.1, 0.15) is 17.4 Å². The van der Waals surface area contributed by atoms with E-state index in [-0.39, 0.29) is 0 Å². The fourth-order valence-corrected chi connectivity index (χ4v) is 2.34. The molecule has 0 radical (unpaired) electrons. The van der Waals surface area contributed by atoms with Crippen LogP contribution >= 0.6 is 31.9 Å². The van der Waals surface area contributed by atoms with Crippen molar-refractivity contribution in [2.75, 3.05) is 5.73 Å². The fourth-order valence-electron chi connectivity index (χ4n) is 1.44. The molecule has 5 heteroatoms. The number of nitrogens with two attached hydrogens (primary N) is 1. The van der Waals surface area contributed by atoms with E-state index in [0.717, 1.165) is 4.47 Å². The first-order valence-corrected chi connectivity index (χ1v) is 6.62. The first kappa shape index (κ1) is 12.9. The molecule has 2 N–H and O–H groups in total. The van der Waals surface area contributed by atoms with Crippen molar-refractivity contribution in [1.82, 2.24) is 0 Å². The van der Waals surface area contributed by atoms with E-state index in [1.54, 1.807) is 24.3 Å². The Morgan fingerprint density at radius 1 is 1.06 bits per heavy atom. The Bertz CT molecular complexity index is 615. The van der Waals surface area contributed by atoms with Gasteiger partial charge in [-0.3, -0.25) is 0 Å². The largest absolute Gasteiger partial charge is 0.453 e. The number of nitrogens with zero attached hydrogens (tertiary/aromatic N) is 1. The lowest BCUT2D eigenvalue weighted by molar-refractivity contribution is 0.480. The average Bonchev–Trinajstić information content (AvgIpc) is 2.34. The lowest BCUT2D eigenvalue weighted by atomic mass is 10.2. The van der Waals surface area contributed by atoms with E-state index in [4.69, 9.17) is 15.7 Å². The van der Waals surface area contributed by atoms with Crippen LogP contribution < -0.4 is 10.5 Å². The molecule has 0 aromatic heterocycles. The summed E-state index contributed by atoms with van der Waals surface area (Å²) in [6.45, 7) is 0. The van der Waals surface area contributed by atoms with Gasteiger partial charge in [-0.25, -0.2) is 0 Å². The highest BCUT2D eigenvalue weighted by molar-refractivity contribution is 9.10. The molecule has 0 amide bonds. The highest BCUT2D eigenvalue weighted by Gasteiger charge is 2.12. The monoisotopic (exact) mass is 366 g/mol. The summed E-state index contributed by atoms with van der Waals surface area (Å²) in [5.41, 5.74) is 6.79. The van der Waals surface area contributed by atoms with Gasteiger partial charge in [0.2, 0.25) is 0 Å². The third kappa shape index (κ3) is 2.50. The number of nitrogen functional groups attached to an aromatic ring is 1. The van der Waals surface area contributed by atoms with Gasteiger partial charge in [0.05, 0.1) is 10.2 Å². The maximum absolute atomic E-state index is 9.11. The number of halogens is 2. The number of hydrogen-bond donors (Lipinski definition) is 1. The molecule has 0 spiro atoms. The van der Waals surface area contributed by atoms with E-state index in [1.165, 1.54) is 0 Å². The normalized spacial score (nSPS) is 9.83. The first-order valence-electron chi connectivity index (χ1n) is 5.04. The summed E-state index contributed by atoms with van der Waals surface area (Å²) in [5, 5.41) is 9.11. The van der Waals surface area contributed by atoms with Crippen molar-refractivity contribution in [3.8, 4) is 17.6 Å². The molecule has 0 saturated heterocycles. The van der Waals surface area contributed by atoms with Gasteiger partial charge >= 0.3 is 0 Å². The standard InChI is InChI=1S/C13H8Br2N2O/c14-9-3-2-6-12(8(9)7-16)18-13-10(15)4-1-5-11(13)17/h1-6H,17H2. The number of anilines is 1. The summed E-state index contributed by atoms with van der Waals surface area (Å²) in [6, 6.07) is 12.8. The number of rotatable bonds is 2. The molecule has 0 heterocycles. The molecule has 2 aromatic rings. The second-order valence-electron chi connectivity index (χ2n) is 3.49. The van der Waals surface area contributed by atoms with Crippen molar-refractivity contribution in [1.29, 1.82) is 5.26 Å². The Labute approximate surface area is 121 Å². The van der Waals surface area contributed by atoms with Crippen LogP contribution in [0.15, 0.2) is 45.3 Å². The zero-order chi connectivity index (χ0) is 13.1. The van der Waals surface area contributed by atoms with Gasteiger partial charge in [0, 0.05) is 4.47 Å². The fraction of sp³-hybridized carbons (Fsp3) is 0. The molecule has 0 unspecified atom stereocenters. The number of para-hydroxylation sites is 1. The molecule has 18 heavy (non-hydrogen) atoms. The Hall–Kier alpha value is -1.51. The summed E-state index contributed by atoms with van der Waals surface area (Å²) in [4.78, 5) is 0. The summed E-state index contributed by atoms with van der Waals surface area (Å²) < 4.78 is 7.15. The number of benzene rings is 2. The van der Waals surface area contributed by atoms with E-state index in [1.807, 2.05) is 12.1 Å². The third-order valence-electron chi connectivity index (χ3n) is 2.30. The van der Waals surface area contributed by atoms with Gasteiger partial charge in [-0.1, -0.05) is 12.1 Å². The van der Waals surface area contributed by atoms with Crippen LogP contribution in [0.2, 0.25) is 0 Å². The minimum atomic E-state index is 0.438. The van der Waals surface area contributed by atoms with Crippen LogP contribution in [-0.4, -0.2) is 0 Å². The summed E-state index contributed by atoms with van der Waals surface area (Å²) >= 11 is 6.68. The SMILES string of the molecule is N#Cc1c(Br)cccc1Oc1c(N)cccc1Br. The van der Waals surface area contributed by atoms with Crippen LogP contribution in [0.3, 0.4) is 0 Å². The minimum Gasteiger partial charge on any atom is -0.453 e. The molecule has 0 bridgehead atoms. The molecule has 0 aliphatic rings. The quantitative estimate of drug-likeness (QED) is 0.797. The molecule has 0 saturated carbocycles. The van der Waals surface area contributed by atoms with E-state index < -0.39 is 0 Å². The number of hydrogen-bond acceptors (Lipinski definition) is 3. The van der Waals surface area contributed by atoms with Crippen molar-refractivity contribution in [2.45, 2.75) is 0 Å². The lowest BCUT2D eigenvalue weighted by Crippen LogP contribution is -1.95. The van der Waals surface area contributed by atoms with E-state index in [2.05, 4.69) is 37.9 Å². The van der Waals surface area contributed by atoms with Crippen LogP contribution in [0.1, 0.15) is 5.56 Å². The molecule has 0 fully saturated rings.